The molecule has 5 nitrogen and oxygen atoms in total. The minimum absolute atomic E-state index is 0.0934. The van der Waals surface area contributed by atoms with Gasteiger partial charge in [-0.1, -0.05) is 19.1 Å². The Morgan fingerprint density at radius 3 is 2.39 bits per heavy atom. The average molecular weight is 252 g/mol. The molecule has 0 radical (unpaired) electrons. The molecule has 0 fully saturated rings. The van der Waals surface area contributed by atoms with Crippen molar-refractivity contribution in [3.8, 4) is 0 Å². The van der Waals surface area contributed by atoms with E-state index in [0.717, 1.165) is 18.4 Å². The van der Waals surface area contributed by atoms with Crippen molar-refractivity contribution in [1.29, 1.82) is 0 Å². The fraction of sp³-hybridized carbons (Fsp3) is 0.538. The zero-order valence-corrected chi connectivity index (χ0v) is 10.8. The Labute approximate surface area is 107 Å². The van der Waals surface area contributed by atoms with Crippen molar-refractivity contribution in [2.24, 2.45) is 11.1 Å². The van der Waals surface area contributed by atoms with Gasteiger partial charge in [-0.05, 0) is 25.3 Å². The zero-order chi connectivity index (χ0) is 13.8. The molecule has 2 unspecified atom stereocenters. The lowest BCUT2D eigenvalue weighted by Gasteiger charge is -2.31. The number of aliphatic hydroxyl groups is 1. The number of rotatable bonds is 6. The van der Waals surface area contributed by atoms with E-state index >= 15 is 0 Å². The second-order valence-electron chi connectivity index (χ2n) is 4.96. The fourth-order valence-corrected chi connectivity index (χ4v) is 1.70. The van der Waals surface area contributed by atoms with E-state index in [9.17, 15) is 15.2 Å². The molecule has 0 saturated carbocycles. The van der Waals surface area contributed by atoms with Gasteiger partial charge in [-0.3, -0.25) is 10.1 Å². The summed E-state index contributed by atoms with van der Waals surface area (Å²) in [5.74, 6) is 0. The highest BCUT2D eigenvalue weighted by Crippen LogP contribution is 2.27. The number of hydrogen-bond donors (Lipinski definition) is 2. The molecule has 0 amide bonds. The van der Waals surface area contributed by atoms with Gasteiger partial charge in [0.2, 0.25) is 0 Å². The highest BCUT2D eigenvalue weighted by molar-refractivity contribution is 5.32. The minimum Gasteiger partial charge on any atom is -0.393 e. The molecule has 0 saturated heterocycles. The van der Waals surface area contributed by atoms with Gasteiger partial charge in [-0.15, -0.1) is 0 Å². The van der Waals surface area contributed by atoms with Crippen molar-refractivity contribution in [3.05, 3.63) is 39.9 Å². The fourth-order valence-electron chi connectivity index (χ4n) is 1.70. The topological polar surface area (TPSA) is 89.4 Å². The quantitative estimate of drug-likeness (QED) is 0.597. The molecule has 0 heterocycles. The summed E-state index contributed by atoms with van der Waals surface area (Å²) in [6.45, 7) is 4.10. The third-order valence-electron chi connectivity index (χ3n) is 3.61. The van der Waals surface area contributed by atoms with Crippen LogP contribution in [0.25, 0.3) is 0 Å². The van der Waals surface area contributed by atoms with Crippen molar-refractivity contribution < 1.29 is 10.0 Å². The van der Waals surface area contributed by atoms with E-state index in [0.29, 0.717) is 6.54 Å². The average Bonchev–Trinajstić information content (AvgIpc) is 2.36. The van der Waals surface area contributed by atoms with Crippen molar-refractivity contribution in [2.75, 3.05) is 6.54 Å². The lowest BCUT2D eigenvalue weighted by Crippen LogP contribution is -2.37. The predicted octanol–water partition coefficient (Wildman–Crippen LogP) is 1.87. The van der Waals surface area contributed by atoms with Crippen LogP contribution in [0, 0.1) is 15.5 Å². The summed E-state index contributed by atoms with van der Waals surface area (Å²) >= 11 is 0. The molecule has 5 heteroatoms. The highest BCUT2D eigenvalue weighted by Gasteiger charge is 2.27. The van der Waals surface area contributed by atoms with Crippen LogP contribution < -0.4 is 5.73 Å². The van der Waals surface area contributed by atoms with Gasteiger partial charge in [0, 0.05) is 24.1 Å². The molecule has 1 aromatic carbocycles. The number of nitrogens with zero attached hydrogens (tertiary/aromatic N) is 1. The lowest BCUT2D eigenvalue weighted by atomic mass is 9.80. The van der Waals surface area contributed by atoms with Gasteiger partial charge in [0.25, 0.3) is 5.69 Å². The Kier molecular flexibility index (Phi) is 4.81. The second-order valence-corrected chi connectivity index (χ2v) is 4.96. The van der Waals surface area contributed by atoms with Crippen molar-refractivity contribution >= 4 is 5.69 Å². The molecule has 0 bridgehead atoms. The first kappa shape index (κ1) is 14.6. The molecule has 0 aliphatic heterocycles. The monoisotopic (exact) mass is 252 g/mol. The molecule has 0 aromatic heterocycles. The standard InChI is InChI=1S/C13H20N2O3/c1-10(16)13(2,9-14)8-7-11-3-5-12(6-4-11)15(17)18/h3-6,10,16H,7-9,14H2,1-2H3. The van der Waals surface area contributed by atoms with Crippen LogP contribution in [0.5, 0.6) is 0 Å². The molecule has 1 aromatic rings. The van der Waals surface area contributed by atoms with Crippen LogP contribution in [0.4, 0.5) is 5.69 Å². The van der Waals surface area contributed by atoms with Gasteiger partial charge in [0.05, 0.1) is 11.0 Å². The lowest BCUT2D eigenvalue weighted by molar-refractivity contribution is -0.384. The first-order valence-corrected chi connectivity index (χ1v) is 6.00. The van der Waals surface area contributed by atoms with E-state index in [1.54, 1.807) is 19.1 Å². The molecule has 0 spiro atoms. The zero-order valence-electron chi connectivity index (χ0n) is 10.8. The van der Waals surface area contributed by atoms with Crippen LogP contribution >= 0.6 is 0 Å². The second kappa shape index (κ2) is 5.93. The summed E-state index contributed by atoms with van der Waals surface area (Å²) in [5, 5.41) is 20.2. The maximum atomic E-state index is 10.5. The van der Waals surface area contributed by atoms with Crippen molar-refractivity contribution in [1.82, 2.24) is 0 Å². The molecular weight excluding hydrogens is 232 g/mol. The Hall–Kier alpha value is -1.46. The number of nitrogens with two attached hydrogens (primary N) is 1. The van der Waals surface area contributed by atoms with Crippen LogP contribution in [-0.4, -0.2) is 22.7 Å². The number of benzene rings is 1. The van der Waals surface area contributed by atoms with Crippen molar-refractivity contribution in [2.45, 2.75) is 32.8 Å². The molecule has 100 valence electrons. The highest BCUT2D eigenvalue weighted by atomic mass is 16.6. The molecular formula is C13H20N2O3. The van der Waals surface area contributed by atoms with E-state index in [2.05, 4.69) is 0 Å². The molecule has 1 rings (SSSR count). The Morgan fingerprint density at radius 2 is 2.00 bits per heavy atom. The van der Waals surface area contributed by atoms with Crippen LogP contribution in [0.2, 0.25) is 0 Å². The van der Waals surface area contributed by atoms with E-state index < -0.39 is 11.0 Å². The van der Waals surface area contributed by atoms with Gasteiger partial charge in [0.1, 0.15) is 0 Å². The molecule has 18 heavy (non-hydrogen) atoms. The number of aryl methyl sites for hydroxylation is 1. The summed E-state index contributed by atoms with van der Waals surface area (Å²) in [6.07, 6.45) is 1.02. The summed E-state index contributed by atoms with van der Waals surface area (Å²) in [4.78, 5) is 10.1. The van der Waals surface area contributed by atoms with Crippen LogP contribution in [-0.2, 0) is 6.42 Å². The Balaban J connectivity index is 2.66. The largest absolute Gasteiger partial charge is 0.393 e. The third kappa shape index (κ3) is 3.51. The van der Waals surface area contributed by atoms with Gasteiger partial charge in [-0.2, -0.15) is 0 Å². The number of nitro benzene ring substituents is 1. The SMILES string of the molecule is CC(O)C(C)(CN)CCc1ccc([N+](=O)[O-])cc1. The maximum Gasteiger partial charge on any atom is 0.269 e. The molecule has 0 aliphatic carbocycles. The van der Waals surface area contributed by atoms with Gasteiger partial charge >= 0.3 is 0 Å². The number of aliphatic hydroxyl groups excluding tert-OH is 1. The summed E-state index contributed by atoms with van der Waals surface area (Å²) in [7, 11) is 0. The van der Waals surface area contributed by atoms with Gasteiger partial charge < -0.3 is 10.8 Å². The molecule has 0 aliphatic rings. The third-order valence-corrected chi connectivity index (χ3v) is 3.61. The normalized spacial score (nSPS) is 16.0. The number of hydrogen-bond acceptors (Lipinski definition) is 4. The van der Waals surface area contributed by atoms with E-state index in [1.807, 2.05) is 6.92 Å². The predicted molar refractivity (Wildman–Crippen MR) is 70.3 cm³/mol. The van der Waals surface area contributed by atoms with E-state index in [4.69, 9.17) is 5.73 Å². The molecule has 2 atom stereocenters. The summed E-state index contributed by atoms with van der Waals surface area (Å²) in [5.41, 5.74) is 6.48. The summed E-state index contributed by atoms with van der Waals surface area (Å²) < 4.78 is 0. The van der Waals surface area contributed by atoms with E-state index in [-0.39, 0.29) is 11.1 Å². The van der Waals surface area contributed by atoms with Crippen LogP contribution in [0.15, 0.2) is 24.3 Å². The Bertz CT molecular complexity index is 403. The van der Waals surface area contributed by atoms with Crippen molar-refractivity contribution in [3.63, 3.8) is 0 Å². The maximum absolute atomic E-state index is 10.5. The van der Waals surface area contributed by atoms with E-state index in [1.165, 1.54) is 12.1 Å². The number of non-ortho nitro benzene ring substituents is 1. The first-order chi connectivity index (χ1) is 8.39. The molecule has 3 N–H and O–H groups in total. The first-order valence-electron chi connectivity index (χ1n) is 6.00. The minimum atomic E-state index is -0.472. The summed E-state index contributed by atoms with van der Waals surface area (Å²) in [6, 6.07) is 6.49. The van der Waals surface area contributed by atoms with Crippen LogP contribution in [0.1, 0.15) is 25.8 Å². The van der Waals surface area contributed by atoms with Gasteiger partial charge in [0.15, 0.2) is 0 Å². The smallest absolute Gasteiger partial charge is 0.269 e. The Morgan fingerprint density at radius 1 is 1.44 bits per heavy atom. The van der Waals surface area contributed by atoms with Crippen LogP contribution in [0.3, 0.4) is 0 Å². The number of nitro groups is 1. The van der Waals surface area contributed by atoms with Gasteiger partial charge in [-0.25, -0.2) is 0 Å².